The zero-order valence-electron chi connectivity index (χ0n) is 12.9. The van der Waals surface area contributed by atoms with Gasteiger partial charge in [0.15, 0.2) is 0 Å². The van der Waals surface area contributed by atoms with Crippen molar-refractivity contribution in [3.8, 4) is 0 Å². The Morgan fingerprint density at radius 2 is 2.17 bits per heavy atom. The van der Waals surface area contributed by atoms with Crippen molar-refractivity contribution in [1.82, 2.24) is 15.5 Å². The predicted molar refractivity (Wildman–Crippen MR) is 87.0 cm³/mol. The molecular weight excluding hydrogens is 320 g/mol. The maximum absolute atomic E-state index is 13.8. The van der Waals surface area contributed by atoms with E-state index in [-0.39, 0.29) is 30.1 Å². The molecule has 0 unspecified atom stereocenters. The second-order valence-electron chi connectivity index (χ2n) is 6.05. The van der Waals surface area contributed by atoms with Gasteiger partial charge in [-0.25, -0.2) is 8.78 Å². The fraction of sp³-hybridized carbons (Fsp3) is 0.562. The van der Waals surface area contributed by atoms with Crippen LogP contribution in [0.5, 0.6) is 0 Å². The monoisotopic (exact) mass is 341 g/mol. The summed E-state index contributed by atoms with van der Waals surface area (Å²) >= 11 is 1.71. The number of amides is 1. The van der Waals surface area contributed by atoms with Crippen LogP contribution < -0.4 is 10.6 Å². The number of nitrogens with one attached hydrogen (secondary N) is 2. The third-order valence-electron chi connectivity index (χ3n) is 4.33. The lowest BCUT2D eigenvalue weighted by Crippen LogP contribution is -2.52. The molecule has 0 radical (unpaired) electrons. The first-order valence-corrected chi connectivity index (χ1v) is 9.05. The number of rotatable bonds is 4. The van der Waals surface area contributed by atoms with Gasteiger partial charge >= 0.3 is 0 Å². The van der Waals surface area contributed by atoms with Gasteiger partial charge < -0.3 is 5.32 Å². The van der Waals surface area contributed by atoms with Gasteiger partial charge in [0.1, 0.15) is 11.6 Å². The van der Waals surface area contributed by atoms with E-state index in [1.165, 1.54) is 18.2 Å². The molecule has 0 aliphatic carbocycles. The van der Waals surface area contributed by atoms with E-state index in [2.05, 4.69) is 10.6 Å². The zero-order chi connectivity index (χ0) is 16.2. The van der Waals surface area contributed by atoms with Crippen molar-refractivity contribution in [1.29, 1.82) is 0 Å². The van der Waals surface area contributed by atoms with E-state index in [0.717, 1.165) is 31.0 Å². The lowest BCUT2D eigenvalue weighted by molar-refractivity contribution is -0.123. The van der Waals surface area contributed by atoms with Crippen LogP contribution in [0.15, 0.2) is 18.2 Å². The Morgan fingerprint density at radius 3 is 2.87 bits per heavy atom. The predicted octanol–water partition coefficient (Wildman–Crippen LogP) is 1.71. The van der Waals surface area contributed by atoms with Gasteiger partial charge in [-0.1, -0.05) is 6.07 Å². The van der Waals surface area contributed by atoms with Gasteiger partial charge in [0.05, 0.1) is 6.04 Å². The van der Waals surface area contributed by atoms with Crippen molar-refractivity contribution in [2.24, 2.45) is 0 Å². The molecule has 0 spiro atoms. The fourth-order valence-corrected chi connectivity index (χ4v) is 4.03. The highest BCUT2D eigenvalue weighted by Crippen LogP contribution is 2.19. The van der Waals surface area contributed by atoms with E-state index < -0.39 is 11.6 Å². The Hall–Kier alpha value is -1.18. The minimum atomic E-state index is -0.511. The van der Waals surface area contributed by atoms with Gasteiger partial charge in [0.25, 0.3) is 0 Å². The Bertz CT molecular complexity index is 546. The number of piperidine rings is 1. The smallest absolute Gasteiger partial charge is 0.238 e. The van der Waals surface area contributed by atoms with Crippen molar-refractivity contribution in [2.45, 2.75) is 31.5 Å². The number of hydrogen-bond donors (Lipinski definition) is 2. The van der Waals surface area contributed by atoms with Crippen LogP contribution >= 0.6 is 11.8 Å². The molecule has 0 bridgehead atoms. The van der Waals surface area contributed by atoms with Crippen LogP contribution in [-0.2, 0) is 11.3 Å². The van der Waals surface area contributed by atoms with Gasteiger partial charge in [0, 0.05) is 36.3 Å². The zero-order valence-corrected chi connectivity index (χ0v) is 13.7. The van der Waals surface area contributed by atoms with Crippen molar-refractivity contribution < 1.29 is 13.6 Å². The van der Waals surface area contributed by atoms with Crippen LogP contribution in [0, 0.1) is 11.6 Å². The van der Waals surface area contributed by atoms with Gasteiger partial charge in [-0.15, -0.1) is 11.8 Å². The molecule has 1 aromatic rings. The average Bonchev–Trinajstić information content (AvgIpc) is 3.06. The number of nitrogens with zero attached hydrogens (tertiary/aromatic N) is 1. The van der Waals surface area contributed by atoms with Gasteiger partial charge in [-0.05, 0) is 31.5 Å². The normalized spacial score (nSPS) is 25.5. The highest BCUT2D eigenvalue weighted by molar-refractivity contribution is 7.99. The van der Waals surface area contributed by atoms with Crippen LogP contribution in [0.3, 0.4) is 0 Å². The summed E-state index contributed by atoms with van der Waals surface area (Å²) in [5.74, 6) is 0.607. The fourth-order valence-electron chi connectivity index (χ4n) is 3.09. The van der Waals surface area contributed by atoms with E-state index >= 15 is 0 Å². The Labute approximate surface area is 139 Å². The van der Waals surface area contributed by atoms with E-state index in [1.54, 1.807) is 11.8 Å². The first-order valence-electron chi connectivity index (χ1n) is 7.90. The number of halogens is 2. The molecule has 2 atom stereocenters. The molecule has 1 aromatic carbocycles. The van der Waals surface area contributed by atoms with Crippen molar-refractivity contribution in [2.75, 3.05) is 24.7 Å². The molecule has 126 valence electrons. The first kappa shape index (κ1) is 16.7. The number of hydrogen-bond acceptors (Lipinski definition) is 4. The van der Waals surface area contributed by atoms with Crippen LogP contribution in [0.25, 0.3) is 0 Å². The molecule has 2 fully saturated rings. The molecule has 0 saturated carbocycles. The van der Waals surface area contributed by atoms with Gasteiger partial charge in [-0.2, -0.15) is 0 Å². The lowest BCUT2D eigenvalue weighted by Gasteiger charge is -2.33. The number of thioether (sulfide) groups is 1. The second kappa shape index (κ2) is 7.59. The molecule has 2 N–H and O–H groups in total. The summed E-state index contributed by atoms with van der Waals surface area (Å²) in [6.45, 7) is 1.65. The van der Waals surface area contributed by atoms with E-state index in [4.69, 9.17) is 0 Å². The van der Waals surface area contributed by atoms with Crippen molar-refractivity contribution in [3.05, 3.63) is 35.4 Å². The van der Waals surface area contributed by atoms with Crippen LogP contribution in [-0.4, -0.2) is 47.6 Å². The molecule has 2 heterocycles. The topological polar surface area (TPSA) is 44.4 Å². The molecule has 1 amide bonds. The summed E-state index contributed by atoms with van der Waals surface area (Å²) in [7, 11) is 0. The van der Waals surface area contributed by atoms with E-state index in [1.807, 2.05) is 4.90 Å². The molecule has 7 heteroatoms. The summed E-state index contributed by atoms with van der Waals surface area (Å²) in [5, 5.41) is 6.21. The summed E-state index contributed by atoms with van der Waals surface area (Å²) < 4.78 is 27.5. The minimum absolute atomic E-state index is 0.0268. The minimum Gasteiger partial charge on any atom is -0.351 e. The van der Waals surface area contributed by atoms with Crippen molar-refractivity contribution in [3.63, 3.8) is 0 Å². The average molecular weight is 341 g/mol. The molecule has 4 nitrogen and oxygen atoms in total. The third-order valence-corrected chi connectivity index (χ3v) is 5.27. The summed E-state index contributed by atoms with van der Waals surface area (Å²) in [4.78, 5) is 14.2. The van der Waals surface area contributed by atoms with Crippen LogP contribution in [0.2, 0.25) is 0 Å². The quantitative estimate of drug-likeness (QED) is 0.875. The molecule has 3 rings (SSSR count). The van der Waals surface area contributed by atoms with Gasteiger partial charge in [-0.3, -0.25) is 15.0 Å². The molecule has 2 aliphatic heterocycles. The van der Waals surface area contributed by atoms with Crippen molar-refractivity contribution >= 4 is 17.7 Å². The largest absolute Gasteiger partial charge is 0.351 e. The summed E-state index contributed by atoms with van der Waals surface area (Å²) in [5.41, 5.74) is 0.105. The molecule has 23 heavy (non-hydrogen) atoms. The Morgan fingerprint density at radius 1 is 1.39 bits per heavy atom. The highest BCUT2D eigenvalue weighted by atomic mass is 32.2. The first-order chi connectivity index (χ1) is 11.1. The van der Waals surface area contributed by atoms with E-state index in [9.17, 15) is 13.6 Å². The van der Waals surface area contributed by atoms with Crippen LogP contribution in [0.1, 0.15) is 18.4 Å². The Kier molecular flexibility index (Phi) is 5.50. The SMILES string of the molecule is O=C(N[C@@H]1CCCN(Cc2c(F)cccc2F)C1)[C@H]1CSCN1. The van der Waals surface area contributed by atoms with Crippen LogP contribution in [0.4, 0.5) is 8.78 Å². The van der Waals surface area contributed by atoms with Gasteiger partial charge in [0.2, 0.25) is 5.91 Å². The third kappa shape index (κ3) is 4.22. The summed E-state index contributed by atoms with van der Waals surface area (Å²) in [6.07, 6.45) is 1.82. The molecule has 0 aromatic heterocycles. The number of benzene rings is 1. The standard InChI is InChI=1S/C16H21F2N3OS/c17-13-4-1-5-14(18)12(13)8-21-6-2-3-11(7-21)20-16(22)15-9-23-10-19-15/h1,4-5,11,15,19H,2-3,6-10H2,(H,20,22)/t11-,15-/m1/s1. The molecule has 2 aliphatic rings. The number of carbonyl (C=O) groups is 1. The molecular formula is C16H21F2N3OS. The Balaban J connectivity index is 1.56. The maximum Gasteiger partial charge on any atom is 0.238 e. The maximum atomic E-state index is 13.8. The van der Waals surface area contributed by atoms with E-state index in [0.29, 0.717) is 6.54 Å². The second-order valence-corrected chi connectivity index (χ2v) is 7.09. The number of carbonyl (C=O) groups excluding carboxylic acids is 1. The number of likely N-dealkylation sites (tertiary alicyclic amines) is 1. The summed E-state index contributed by atoms with van der Waals surface area (Å²) in [6, 6.07) is 3.86. The lowest BCUT2D eigenvalue weighted by atomic mass is 10.0. The molecule has 2 saturated heterocycles. The highest BCUT2D eigenvalue weighted by Gasteiger charge is 2.27.